The van der Waals surface area contributed by atoms with Gasteiger partial charge in [0.1, 0.15) is 11.7 Å². The Bertz CT molecular complexity index is 472. The second-order valence-corrected chi connectivity index (χ2v) is 5.96. The van der Waals surface area contributed by atoms with E-state index in [1.165, 1.54) is 4.68 Å². The van der Waals surface area contributed by atoms with Gasteiger partial charge in [-0.3, -0.25) is 9.59 Å². The lowest BCUT2D eigenvalue weighted by atomic mass is 9.87. The van der Waals surface area contributed by atoms with Crippen molar-refractivity contribution in [2.24, 2.45) is 17.8 Å². The van der Waals surface area contributed by atoms with Gasteiger partial charge in [-0.05, 0) is 31.7 Å². The van der Waals surface area contributed by atoms with E-state index in [9.17, 15) is 9.59 Å². The first-order valence-electron chi connectivity index (χ1n) is 6.84. The van der Waals surface area contributed by atoms with Crippen LogP contribution in [0.2, 0.25) is 0 Å². The number of nitrogens with zero attached hydrogens (tertiary/aromatic N) is 2. The lowest BCUT2D eigenvalue weighted by Gasteiger charge is -2.19. The zero-order valence-corrected chi connectivity index (χ0v) is 12.7. The van der Waals surface area contributed by atoms with Crippen molar-refractivity contribution in [2.75, 3.05) is 0 Å². The maximum absolute atomic E-state index is 12.5. The van der Waals surface area contributed by atoms with Crippen LogP contribution >= 0.6 is 0 Å². The van der Waals surface area contributed by atoms with E-state index in [0.717, 1.165) is 11.4 Å². The van der Waals surface area contributed by atoms with Gasteiger partial charge < -0.3 is 0 Å². The lowest BCUT2D eigenvalue weighted by Crippen LogP contribution is -2.34. The number of carbonyl (C=O) groups excluding carboxylic acids is 2. The summed E-state index contributed by atoms with van der Waals surface area (Å²) in [5.74, 6) is -0.529. The fourth-order valence-corrected chi connectivity index (χ4v) is 2.31. The van der Waals surface area contributed by atoms with Gasteiger partial charge in [0.25, 0.3) is 5.91 Å². The molecule has 1 unspecified atom stereocenters. The molecule has 19 heavy (non-hydrogen) atoms. The smallest absolute Gasteiger partial charge is 0.257 e. The molecule has 1 aromatic rings. The second-order valence-electron chi connectivity index (χ2n) is 5.96. The number of aromatic nitrogens is 2. The zero-order valence-electron chi connectivity index (χ0n) is 12.7. The minimum Gasteiger partial charge on any atom is -0.299 e. The van der Waals surface area contributed by atoms with Crippen LogP contribution in [0.5, 0.6) is 0 Å². The zero-order chi connectivity index (χ0) is 14.7. The van der Waals surface area contributed by atoms with E-state index in [2.05, 4.69) is 5.10 Å². The summed E-state index contributed by atoms with van der Waals surface area (Å²) in [4.78, 5) is 24.8. The Morgan fingerprint density at radius 1 is 1.21 bits per heavy atom. The van der Waals surface area contributed by atoms with Crippen molar-refractivity contribution in [2.45, 2.75) is 48.0 Å². The third-order valence-electron chi connectivity index (χ3n) is 3.11. The molecule has 4 heteroatoms. The Kier molecular flexibility index (Phi) is 5.04. The summed E-state index contributed by atoms with van der Waals surface area (Å²) in [6.45, 7) is 11.5. The molecule has 1 rings (SSSR count). The molecule has 0 aliphatic heterocycles. The monoisotopic (exact) mass is 264 g/mol. The highest BCUT2D eigenvalue weighted by atomic mass is 16.2. The summed E-state index contributed by atoms with van der Waals surface area (Å²) < 4.78 is 1.37. The van der Waals surface area contributed by atoms with Gasteiger partial charge in [-0.2, -0.15) is 5.10 Å². The highest BCUT2D eigenvalue weighted by Crippen LogP contribution is 2.20. The summed E-state index contributed by atoms with van der Waals surface area (Å²) in [6.07, 6.45) is 0.438. The molecule has 0 amide bonds. The molecule has 0 saturated heterocycles. The normalized spacial score (nSPS) is 13.1. The fraction of sp³-hybridized carbons (Fsp3) is 0.667. The maximum Gasteiger partial charge on any atom is 0.257 e. The fourth-order valence-electron chi connectivity index (χ4n) is 2.31. The Morgan fingerprint density at radius 3 is 2.16 bits per heavy atom. The quantitative estimate of drug-likeness (QED) is 0.768. The molecule has 106 valence electrons. The Morgan fingerprint density at radius 2 is 1.79 bits per heavy atom. The van der Waals surface area contributed by atoms with Gasteiger partial charge in [-0.25, -0.2) is 4.68 Å². The Labute approximate surface area is 115 Å². The average molecular weight is 264 g/mol. The van der Waals surface area contributed by atoms with E-state index in [1.807, 2.05) is 47.6 Å². The maximum atomic E-state index is 12.5. The highest BCUT2D eigenvalue weighted by molar-refractivity contribution is 6.02. The number of rotatable bonds is 5. The molecule has 0 aliphatic carbocycles. The minimum atomic E-state index is -0.597. The van der Waals surface area contributed by atoms with Crippen LogP contribution in [-0.2, 0) is 4.79 Å². The number of aryl methyl sites for hydroxylation is 2. The molecular weight excluding hydrogens is 240 g/mol. The number of ketones is 1. The van der Waals surface area contributed by atoms with Crippen molar-refractivity contribution in [3.63, 3.8) is 0 Å². The van der Waals surface area contributed by atoms with Gasteiger partial charge in [-0.15, -0.1) is 0 Å². The van der Waals surface area contributed by atoms with Gasteiger partial charge in [0.05, 0.1) is 5.69 Å². The molecule has 0 aromatic carbocycles. The molecule has 0 N–H and O–H groups in total. The molecule has 0 saturated carbocycles. The van der Waals surface area contributed by atoms with Crippen molar-refractivity contribution in [1.82, 2.24) is 9.78 Å². The summed E-state index contributed by atoms with van der Waals surface area (Å²) in [7, 11) is 0. The van der Waals surface area contributed by atoms with Gasteiger partial charge in [0, 0.05) is 12.1 Å². The third-order valence-corrected chi connectivity index (χ3v) is 3.11. The SMILES string of the molecule is Cc1cc(C)n(C(=O)C(C(=O)CC(C)C)C(C)C)n1. The van der Waals surface area contributed by atoms with E-state index < -0.39 is 5.92 Å². The van der Waals surface area contributed by atoms with E-state index in [1.54, 1.807) is 0 Å². The van der Waals surface area contributed by atoms with Crippen molar-refractivity contribution in [3.05, 3.63) is 17.5 Å². The first-order valence-corrected chi connectivity index (χ1v) is 6.84. The van der Waals surface area contributed by atoms with Gasteiger partial charge in [0.2, 0.25) is 0 Å². The number of hydrogen-bond donors (Lipinski definition) is 0. The number of hydrogen-bond acceptors (Lipinski definition) is 3. The summed E-state index contributed by atoms with van der Waals surface area (Å²) in [6, 6.07) is 1.85. The summed E-state index contributed by atoms with van der Waals surface area (Å²) in [5.41, 5.74) is 1.58. The summed E-state index contributed by atoms with van der Waals surface area (Å²) in [5, 5.41) is 4.19. The molecule has 1 heterocycles. The first-order chi connectivity index (χ1) is 8.73. The molecule has 0 spiro atoms. The average Bonchev–Trinajstić information content (AvgIpc) is 2.55. The van der Waals surface area contributed by atoms with Crippen LogP contribution in [0.4, 0.5) is 0 Å². The Hall–Kier alpha value is -1.45. The highest BCUT2D eigenvalue weighted by Gasteiger charge is 2.32. The molecule has 1 atom stereocenters. The molecule has 0 aliphatic rings. The van der Waals surface area contributed by atoms with Crippen LogP contribution in [0.3, 0.4) is 0 Å². The third kappa shape index (κ3) is 3.75. The van der Waals surface area contributed by atoms with Gasteiger partial charge >= 0.3 is 0 Å². The van der Waals surface area contributed by atoms with Gasteiger partial charge in [0.15, 0.2) is 0 Å². The molecular formula is C15H24N2O2. The Balaban J connectivity index is 3.03. The van der Waals surface area contributed by atoms with Crippen LogP contribution in [-0.4, -0.2) is 21.5 Å². The van der Waals surface area contributed by atoms with E-state index in [0.29, 0.717) is 6.42 Å². The summed E-state index contributed by atoms with van der Waals surface area (Å²) >= 11 is 0. The molecule has 1 aromatic heterocycles. The van der Waals surface area contributed by atoms with Gasteiger partial charge in [-0.1, -0.05) is 27.7 Å². The molecule has 4 nitrogen and oxygen atoms in total. The van der Waals surface area contributed by atoms with Crippen LogP contribution in [0.15, 0.2) is 6.07 Å². The first kappa shape index (κ1) is 15.6. The van der Waals surface area contributed by atoms with Crippen LogP contribution < -0.4 is 0 Å². The van der Waals surface area contributed by atoms with Crippen molar-refractivity contribution < 1.29 is 9.59 Å². The van der Waals surface area contributed by atoms with E-state index in [-0.39, 0.29) is 23.5 Å². The predicted octanol–water partition coefficient (Wildman–Crippen LogP) is 3.03. The van der Waals surface area contributed by atoms with Crippen LogP contribution in [0.1, 0.15) is 50.3 Å². The van der Waals surface area contributed by atoms with E-state index in [4.69, 9.17) is 0 Å². The van der Waals surface area contributed by atoms with Crippen molar-refractivity contribution in [1.29, 1.82) is 0 Å². The largest absolute Gasteiger partial charge is 0.299 e. The standard InChI is InChI=1S/C15H24N2O2/c1-9(2)7-13(18)14(10(3)4)15(19)17-12(6)8-11(5)16-17/h8-10,14H,7H2,1-6H3. The number of carbonyl (C=O) groups is 2. The minimum absolute atomic E-state index is 0.0114. The topological polar surface area (TPSA) is 52.0 Å². The predicted molar refractivity (Wildman–Crippen MR) is 75.1 cm³/mol. The van der Waals surface area contributed by atoms with Crippen molar-refractivity contribution >= 4 is 11.7 Å². The van der Waals surface area contributed by atoms with E-state index >= 15 is 0 Å². The molecule has 0 bridgehead atoms. The second kappa shape index (κ2) is 6.13. The lowest BCUT2D eigenvalue weighted by molar-refractivity contribution is -0.123. The molecule has 0 fully saturated rings. The molecule has 0 radical (unpaired) electrons. The van der Waals surface area contributed by atoms with Crippen LogP contribution in [0.25, 0.3) is 0 Å². The number of Topliss-reactive ketones (excluding diaryl/α,β-unsaturated/α-hetero) is 1. The van der Waals surface area contributed by atoms with Crippen LogP contribution in [0, 0.1) is 31.6 Å². The van der Waals surface area contributed by atoms with Crippen molar-refractivity contribution in [3.8, 4) is 0 Å².